The number of H-pyrrole nitrogens is 4. The molecule has 4 aromatic carbocycles. The van der Waals surface area contributed by atoms with Gasteiger partial charge in [0.15, 0.2) is 5.12 Å². The molecule has 0 unspecified atom stereocenters. The summed E-state index contributed by atoms with van der Waals surface area (Å²) in [5, 5.41) is 3.99. The highest BCUT2D eigenvalue weighted by Gasteiger charge is 2.22. The van der Waals surface area contributed by atoms with E-state index < -0.39 is 0 Å². The lowest BCUT2D eigenvalue weighted by Crippen LogP contribution is -2.20. The second-order valence-electron chi connectivity index (χ2n) is 17.3. The lowest BCUT2D eigenvalue weighted by Gasteiger charge is -2.16. The van der Waals surface area contributed by atoms with Crippen LogP contribution in [0.2, 0.25) is 0 Å². The number of hydrogen-bond donors (Lipinski definition) is 4. The molecule has 6 heteroatoms. The molecule has 5 heterocycles. The normalized spacial score (nSPS) is 12.5. The van der Waals surface area contributed by atoms with Crippen LogP contribution in [-0.2, 0) is 4.79 Å². The van der Waals surface area contributed by atoms with E-state index in [0.29, 0.717) is 0 Å². The van der Waals surface area contributed by atoms with E-state index in [2.05, 4.69) is 179 Å². The first-order valence-corrected chi connectivity index (χ1v) is 22.4. The third kappa shape index (κ3) is 7.90. The highest BCUT2D eigenvalue weighted by atomic mass is 32.2. The zero-order chi connectivity index (χ0) is 44.3. The molecule has 312 valence electrons. The average Bonchev–Trinajstić information content (AvgIpc) is 4.05. The molecule has 0 saturated carbocycles. The van der Waals surface area contributed by atoms with Crippen molar-refractivity contribution in [2.45, 2.75) is 74.1 Å². The summed E-state index contributed by atoms with van der Waals surface area (Å²) < 4.78 is 0. The van der Waals surface area contributed by atoms with Gasteiger partial charge in [0, 0.05) is 67.2 Å². The molecule has 8 bridgehead atoms. The molecule has 0 fully saturated rings. The molecule has 0 saturated heterocycles. The number of thioether (sulfide) groups is 1. The number of hydrogen-bond acceptors (Lipinski definition) is 2. The maximum Gasteiger partial charge on any atom is 0.190 e. The standard InChI is InChI=1S/C57H52N4OS/c1-31-25-34(4)52(35(5)26-31)55-46-19-17-44(58-46)43(16-13-41-11-14-42(15-12-41)63-40(10)62)45-18-20-47(59-45)56(53-36(6)27-32(2)28-37(53)7)49-22-24-51(61-49)57(50-23-21-48(55)60-50)54-38(8)29-33(3)30-39(54)9/h11-12,14-15,17-30,58-61H,1-10H3. The topological polar surface area (TPSA) is 80.2 Å². The van der Waals surface area contributed by atoms with Crippen molar-refractivity contribution in [1.82, 2.24) is 19.9 Å². The van der Waals surface area contributed by atoms with Crippen LogP contribution in [-0.4, -0.2) is 25.1 Å². The van der Waals surface area contributed by atoms with Crippen LogP contribution < -0.4 is 21.4 Å². The summed E-state index contributed by atoms with van der Waals surface area (Å²) in [6, 6.07) is 39.2. The Morgan fingerprint density at radius 3 is 1.16 bits per heavy atom. The van der Waals surface area contributed by atoms with Crippen LogP contribution in [0.1, 0.15) is 102 Å². The van der Waals surface area contributed by atoms with Crippen LogP contribution in [0.3, 0.4) is 0 Å². The lowest BCUT2D eigenvalue weighted by molar-refractivity contribution is -0.109. The SMILES string of the molecule is CC(=O)Sc1ccc(C#CC2=c3ccc([nH]3)=C(c3c(C)cc(C)cc3C)c3ccc([nH]3)C(c3c(C)cc(C)cc3C)=c3ccc([nH]3)=C(c3c(C)cc(C)cc3C)c3ccc2[nH]3)cc1. The van der Waals surface area contributed by atoms with Crippen molar-refractivity contribution in [3.05, 3.63) is 226 Å². The van der Waals surface area contributed by atoms with Gasteiger partial charge in [-0.15, -0.1) is 0 Å². The monoisotopic (exact) mass is 840 g/mol. The fourth-order valence-corrected chi connectivity index (χ4v) is 10.5. The maximum atomic E-state index is 11.8. The molecule has 1 aliphatic rings. The molecule has 0 atom stereocenters. The van der Waals surface area contributed by atoms with Crippen LogP contribution in [0.25, 0.3) is 22.3 Å². The summed E-state index contributed by atoms with van der Waals surface area (Å²) in [7, 11) is 0. The molecule has 5 nitrogen and oxygen atoms in total. The number of aromatic nitrogens is 4. The summed E-state index contributed by atoms with van der Waals surface area (Å²) in [6.45, 7) is 21.4. The summed E-state index contributed by atoms with van der Waals surface area (Å²) in [6.07, 6.45) is 0. The van der Waals surface area contributed by atoms with Crippen molar-refractivity contribution in [2.75, 3.05) is 0 Å². The summed E-state index contributed by atoms with van der Waals surface area (Å²) in [5.41, 5.74) is 23.6. The van der Waals surface area contributed by atoms with Gasteiger partial charge in [0.2, 0.25) is 0 Å². The zero-order valence-electron chi connectivity index (χ0n) is 37.7. The number of rotatable bonds is 4. The molecule has 0 amide bonds. The van der Waals surface area contributed by atoms with E-state index in [0.717, 1.165) is 76.9 Å². The Kier molecular flexibility index (Phi) is 10.8. The van der Waals surface area contributed by atoms with E-state index >= 15 is 0 Å². The Balaban J connectivity index is 1.42. The molecular formula is C57H52N4OS. The number of carbonyl (C=O) groups excluding carboxylic acids is 1. The Bertz CT molecular complexity index is 3430. The van der Waals surface area contributed by atoms with Gasteiger partial charge in [-0.3, -0.25) is 4.79 Å². The van der Waals surface area contributed by atoms with Gasteiger partial charge in [-0.1, -0.05) is 76.7 Å². The fraction of sp³-hybridized carbons (Fsp3) is 0.175. The summed E-state index contributed by atoms with van der Waals surface area (Å²) >= 11 is 1.23. The predicted molar refractivity (Wildman–Crippen MR) is 261 cm³/mol. The summed E-state index contributed by atoms with van der Waals surface area (Å²) in [5.74, 6) is 7.06. The number of fused-ring (bicyclic) bond motifs is 8. The van der Waals surface area contributed by atoms with Crippen molar-refractivity contribution in [2.24, 2.45) is 0 Å². The first-order chi connectivity index (χ1) is 30.2. The van der Waals surface area contributed by atoms with E-state index in [4.69, 9.17) is 0 Å². The maximum absolute atomic E-state index is 11.8. The van der Waals surface area contributed by atoms with Crippen molar-refractivity contribution in [3.63, 3.8) is 0 Å². The second-order valence-corrected chi connectivity index (χ2v) is 18.6. The Labute approximate surface area is 373 Å². The van der Waals surface area contributed by atoms with Crippen LogP contribution in [0, 0.1) is 74.2 Å². The number of benzene rings is 4. The Morgan fingerprint density at radius 2 is 0.762 bits per heavy atom. The molecule has 1 aliphatic heterocycles. The van der Waals surface area contributed by atoms with Crippen molar-refractivity contribution < 1.29 is 4.79 Å². The largest absolute Gasteiger partial charge is 0.354 e. The summed E-state index contributed by atoms with van der Waals surface area (Å²) in [4.78, 5) is 28.4. The average molecular weight is 841 g/mol. The van der Waals surface area contributed by atoms with E-state index in [-0.39, 0.29) is 5.12 Å². The van der Waals surface area contributed by atoms with Gasteiger partial charge in [0.05, 0.1) is 16.6 Å². The molecular weight excluding hydrogens is 789 g/mol. The van der Waals surface area contributed by atoms with E-state index in [9.17, 15) is 4.79 Å². The Hall–Kier alpha value is -6.94. The molecule has 9 rings (SSSR count). The number of nitrogens with one attached hydrogen (secondary N) is 4. The molecule has 8 aromatic rings. The van der Waals surface area contributed by atoms with Crippen molar-refractivity contribution in [3.8, 4) is 11.8 Å². The van der Waals surface area contributed by atoms with Crippen molar-refractivity contribution in [1.29, 1.82) is 0 Å². The van der Waals surface area contributed by atoms with Gasteiger partial charge in [0.1, 0.15) is 0 Å². The fourth-order valence-electron chi connectivity index (χ4n) is 9.90. The van der Waals surface area contributed by atoms with Crippen LogP contribution in [0.5, 0.6) is 0 Å². The van der Waals surface area contributed by atoms with Gasteiger partial charge in [-0.2, -0.15) is 0 Å². The van der Waals surface area contributed by atoms with Gasteiger partial charge in [-0.25, -0.2) is 0 Å². The van der Waals surface area contributed by atoms with Crippen LogP contribution in [0.15, 0.2) is 114 Å². The van der Waals surface area contributed by atoms with E-state index in [1.54, 1.807) is 6.92 Å². The Morgan fingerprint density at radius 1 is 0.413 bits per heavy atom. The smallest absolute Gasteiger partial charge is 0.190 e. The van der Waals surface area contributed by atoms with Crippen molar-refractivity contribution >= 4 is 39.2 Å². The minimum atomic E-state index is 0.0566. The van der Waals surface area contributed by atoms with E-state index in [1.807, 2.05) is 24.3 Å². The van der Waals surface area contributed by atoms with Gasteiger partial charge in [-0.05, 0) is 185 Å². The molecule has 0 spiro atoms. The van der Waals surface area contributed by atoms with Gasteiger partial charge < -0.3 is 19.9 Å². The molecule has 4 N–H and O–H groups in total. The van der Waals surface area contributed by atoms with E-state index in [1.165, 1.54) is 78.5 Å². The number of aromatic amines is 4. The predicted octanol–water partition coefficient (Wildman–Crippen LogP) is 9.72. The molecule has 63 heavy (non-hydrogen) atoms. The minimum Gasteiger partial charge on any atom is -0.354 e. The third-order valence-corrected chi connectivity index (χ3v) is 12.9. The molecule has 0 radical (unpaired) electrons. The lowest BCUT2D eigenvalue weighted by atomic mass is 9.91. The second kappa shape index (κ2) is 16.4. The quantitative estimate of drug-likeness (QED) is 0.105. The van der Waals surface area contributed by atoms with Crippen LogP contribution in [0.4, 0.5) is 0 Å². The highest BCUT2D eigenvalue weighted by Crippen LogP contribution is 2.33. The third-order valence-electron chi connectivity index (χ3n) is 12.1. The first kappa shape index (κ1) is 41.4. The zero-order valence-corrected chi connectivity index (χ0v) is 38.5. The highest BCUT2D eigenvalue weighted by molar-refractivity contribution is 8.13. The molecule has 0 aliphatic carbocycles. The first-order valence-electron chi connectivity index (χ1n) is 21.5. The minimum absolute atomic E-state index is 0.0566. The number of carbonyl (C=O) groups is 1. The van der Waals surface area contributed by atoms with Gasteiger partial charge in [0.25, 0.3) is 0 Å². The van der Waals surface area contributed by atoms with Crippen LogP contribution >= 0.6 is 11.8 Å². The number of aryl methyl sites for hydroxylation is 9. The molecule has 4 aromatic heterocycles. The van der Waals surface area contributed by atoms with Gasteiger partial charge >= 0.3 is 0 Å².